The van der Waals surface area contributed by atoms with Crippen molar-refractivity contribution in [2.24, 2.45) is 0 Å². The summed E-state index contributed by atoms with van der Waals surface area (Å²) in [6.45, 7) is 2.25. The third kappa shape index (κ3) is 4.23. The molecular weight excluding hydrogens is 385 g/mol. The van der Waals surface area contributed by atoms with Gasteiger partial charge >= 0.3 is 0 Å². The van der Waals surface area contributed by atoms with E-state index in [2.05, 4.69) is 42.4 Å². The number of nitrogens with one attached hydrogen (secondary N) is 2. The molecule has 0 fully saturated rings. The number of aromatic nitrogens is 1. The van der Waals surface area contributed by atoms with Gasteiger partial charge in [0.2, 0.25) is 0 Å². The first-order valence-corrected chi connectivity index (χ1v) is 10.5. The van der Waals surface area contributed by atoms with Crippen molar-refractivity contribution in [2.45, 2.75) is 12.6 Å². The van der Waals surface area contributed by atoms with Crippen molar-refractivity contribution in [1.29, 1.82) is 0 Å². The van der Waals surface area contributed by atoms with Gasteiger partial charge in [0.25, 0.3) is 0 Å². The molecule has 5 nitrogen and oxygen atoms in total. The van der Waals surface area contributed by atoms with Crippen LogP contribution in [0.5, 0.6) is 0 Å². The van der Waals surface area contributed by atoms with Crippen LogP contribution in [0, 0.1) is 5.82 Å². The molecule has 0 saturated heterocycles. The molecule has 0 amide bonds. The molecule has 1 aliphatic rings. The Bertz CT molecular complexity index is 1010. The topological polar surface area (TPSA) is 43.4 Å². The Balaban J connectivity index is 1.66. The van der Waals surface area contributed by atoms with E-state index in [0.29, 0.717) is 12.1 Å². The zero-order valence-corrected chi connectivity index (χ0v) is 17.8. The minimum Gasteiger partial charge on any atom is -0.314 e. The summed E-state index contributed by atoms with van der Waals surface area (Å²) in [5, 5.41) is 4.44. The summed E-state index contributed by atoms with van der Waals surface area (Å²) in [5.41, 5.74) is 4.91. The Morgan fingerprint density at radius 2 is 2.10 bits per heavy atom. The van der Waals surface area contributed by atoms with Crippen molar-refractivity contribution in [3.8, 4) is 0 Å². The number of anilines is 1. The Labute approximate surface area is 175 Å². The summed E-state index contributed by atoms with van der Waals surface area (Å²) in [6.07, 6.45) is 1.82. The molecular formula is C22H26FN5S. The van der Waals surface area contributed by atoms with E-state index in [1.54, 1.807) is 18.2 Å². The summed E-state index contributed by atoms with van der Waals surface area (Å²) in [6, 6.07) is 13.7. The van der Waals surface area contributed by atoms with E-state index in [4.69, 9.17) is 0 Å². The van der Waals surface area contributed by atoms with Crippen LogP contribution in [0.1, 0.15) is 22.7 Å². The first-order chi connectivity index (χ1) is 14.0. The normalized spacial score (nSPS) is 16.8. The molecule has 1 aliphatic heterocycles. The van der Waals surface area contributed by atoms with E-state index in [1.165, 1.54) is 0 Å². The third-order valence-electron chi connectivity index (χ3n) is 5.19. The van der Waals surface area contributed by atoms with Crippen LogP contribution in [0.3, 0.4) is 0 Å². The van der Waals surface area contributed by atoms with Crippen LogP contribution >= 0.6 is 12.1 Å². The first kappa shape index (κ1) is 20.1. The molecule has 0 spiro atoms. The zero-order chi connectivity index (χ0) is 20.4. The number of hydrogen-bond acceptors (Lipinski definition) is 6. The van der Waals surface area contributed by atoms with Crippen LogP contribution in [-0.2, 0) is 6.54 Å². The van der Waals surface area contributed by atoms with Crippen LogP contribution in [0.2, 0.25) is 0 Å². The van der Waals surface area contributed by atoms with Crippen LogP contribution < -0.4 is 10.0 Å². The zero-order valence-electron chi connectivity index (χ0n) is 16.9. The molecule has 0 radical (unpaired) electrons. The van der Waals surface area contributed by atoms with Gasteiger partial charge < -0.3 is 14.9 Å². The molecule has 2 aromatic carbocycles. The standard InChI is InChI=1S/C22H26FN5S/c1-27(2)12-11-24-14-17-13-16(7-9-19(17)23)22-18-8-6-15-5-4-10-25-20(15)21(18)26-29-28(22)3/h4-10,13,22,24,26H,11-12,14H2,1-3H3. The smallest absolute Gasteiger partial charge is 0.127 e. The van der Waals surface area contributed by atoms with Crippen LogP contribution in [-0.4, -0.2) is 48.4 Å². The van der Waals surface area contributed by atoms with Gasteiger partial charge in [-0.3, -0.25) is 4.98 Å². The number of rotatable bonds is 6. The number of nitrogens with zero attached hydrogens (tertiary/aromatic N) is 3. The summed E-state index contributed by atoms with van der Waals surface area (Å²) in [5.74, 6) is -0.171. The second-order valence-electron chi connectivity index (χ2n) is 7.58. The second-order valence-corrected chi connectivity index (χ2v) is 8.54. The lowest BCUT2D eigenvalue weighted by molar-refractivity contribution is 0.399. The Morgan fingerprint density at radius 1 is 1.24 bits per heavy atom. The Kier molecular flexibility index (Phi) is 6.01. The van der Waals surface area contributed by atoms with Gasteiger partial charge in [0.1, 0.15) is 5.82 Å². The lowest BCUT2D eigenvalue weighted by Gasteiger charge is -2.34. The van der Waals surface area contributed by atoms with Gasteiger partial charge in [0.05, 0.1) is 17.2 Å². The maximum absolute atomic E-state index is 14.4. The molecule has 0 aliphatic carbocycles. The number of benzene rings is 2. The van der Waals surface area contributed by atoms with Crippen molar-refractivity contribution in [3.63, 3.8) is 0 Å². The number of fused-ring (bicyclic) bond motifs is 3. The van der Waals surface area contributed by atoms with Crippen LogP contribution in [0.25, 0.3) is 10.9 Å². The molecule has 2 N–H and O–H groups in total. The highest BCUT2D eigenvalue weighted by atomic mass is 32.2. The number of likely N-dealkylation sites (N-methyl/N-ethyl adjacent to an activating group) is 1. The minimum absolute atomic E-state index is 0.0174. The highest BCUT2D eigenvalue weighted by Gasteiger charge is 2.29. The predicted octanol–water partition coefficient (Wildman–Crippen LogP) is 4.04. The van der Waals surface area contributed by atoms with Gasteiger partial charge in [0.15, 0.2) is 0 Å². The quantitative estimate of drug-likeness (QED) is 0.472. The molecule has 1 aromatic heterocycles. The second kappa shape index (κ2) is 8.67. The van der Waals surface area contributed by atoms with E-state index < -0.39 is 0 Å². The van der Waals surface area contributed by atoms with Crippen molar-refractivity contribution in [2.75, 3.05) is 39.0 Å². The van der Waals surface area contributed by atoms with Gasteiger partial charge in [-0.05, 0) is 37.9 Å². The molecule has 1 atom stereocenters. The molecule has 29 heavy (non-hydrogen) atoms. The maximum Gasteiger partial charge on any atom is 0.127 e. The summed E-state index contributed by atoms with van der Waals surface area (Å²) >= 11 is 1.54. The average molecular weight is 412 g/mol. The SMILES string of the molecule is CN(C)CCNCc1cc(C2c3ccc4cccnc4c3NSN2C)ccc1F. The van der Waals surface area contributed by atoms with E-state index in [1.807, 2.05) is 45.5 Å². The Morgan fingerprint density at radius 3 is 2.93 bits per heavy atom. The number of pyridine rings is 1. The molecule has 2 heterocycles. The van der Waals surface area contributed by atoms with Gasteiger partial charge in [-0.25, -0.2) is 8.70 Å². The maximum atomic E-state index is 14.4. The van der Waals surface area contributed by atoms with Crippen LogP contribution in [0.4, 0.5) is 10.1 Å². The molecule has 0 bridgehead atoms. The summed E-state index contributed by atoms with van der Waals surface area (Å²) < 4.78 is 20.0. The molecule has 1 unspecified atom stereocenters. The third-order valence-corrected chi connectivity index (χ3v) is 5.99. The van der Waals surface area contributed by atoms with E-state index in [0.717, 1.165) is 40.8 Å². The van der Waals surface area contributed by atoms with Gasteiger partial charge in [-0.2, -0.15) is 0 Å². The molecule has 7 heteroatoms. The monoisotopic (exact) mass is 411 g/mol. The highest BCUT2D eigenvalue weighted by Crippen LogP contribution is 2.44. The van der Waals surface area contributed by atoms with Crippen molar-refractivity contribution >= 4 is 28.7 Å². The van der Waals surface area contributed by atoms with Gasteiger partial charge in [0, 0.05) is 61.5 Å². The lowest BCUT2D eigenvalue weighted by Crippen LogP contribution is -2.27. The molecule has 3 aromatic rings. The average Bonchev–Trinajstić information content (AvgIpc) is 2.72. The van der Waals surface area contributed by atoms with Gasteiger partial charge in [-0.1, -0.05) is 24.3 Å². The lowest BCUT2D eigenvalue weighted by atomic mass is 9.94. The number of halogens is 1. The fourth-order valence-corrected chi connectivity index (χ4v) is 4.47. The van der Waals surface area contributed by atoms with Crippen molar-refractivity contribution < 1.29 is 4.39 Å². The van der Waals surface area contributed by atoms with E-state index in [9.17, 15) is 4.39 Å². The van der Waals surface area contributed by atoms with Gasteiger partial charge in [-0.15, -0.1) is 0 Å². The van der Waals surface area contributed by atoms with Crippen molar-refractivity contribution in [1.82, 2.24) is 19.5 Å². The van der Waals surface area contributed by atoms with Crippen molar-refractivity contribution in [3.05, 3.63) is 71.2 Å². The van der Waals surface area contributed by atoms with Crippen LogP contribution in [0.15, 0.2) is 48.7 Å². The fraction of sp³-hybridized carbons (Fsp3) is 0.318. The fourth-order valence-electron chi connectivity index (χ4n) is 3.68. The molecule has 4 rings (SSSR count). The van der Waals surface area contributed by atoms with E-state index in [-0.39, 0.29) is 11.9 Å². The largest absolute Gasteiger partial charge is 0.314 e. The number of hydrogen-bond donors (Lipinski definition) is 2. The first-order valence-electron chi connectivity index (χ1n) is 9.72. The summed E-state index contributed by atoms with van der Waals surface area (Å²) in [7, 11) is 6.11. The minimum atomic E-state index is -0.171. The molecule has 0 saturated carbocycles. The predicted molar refractivity (Wildman–Crippen MR) is 119 cm³/mol. The highest BCUT2D eigenvalue weighted by molar-refractivity contribution is 7.98. The Hall–Kier alpha value is -2.19. The summed E-state index contributed by atoms with van der Waals surface area (Å²) in [4.78, 5) is 6.68. The molecule has 152 valence electrons. The van der Waals surface area contributed by atoms with E-state index >= 15 is 0 Å².